The molecule has 1 aromatic carbocycles. The summed E-state index contributed by atoms with van der Waals surface area (Å²) in [5.74, 6) is 1.48. The highest BCUT2D eigenvalue weighted by atomic mass is 32.2. The Morgan fingerprint density at radius 3 is 3.00 bits per heavy atom. The van der Waals surface area contributed by atoms with Crippen LogP contribution in [0.15, 0.2) is 44.8 Å². The summed E-state index contributed by atoms with van der Waals surface area (Å²) in [5.41, 5.74) is 1.17. The molecule has 0 saturated carbocycles. The van der Waals surface area contributed by atoms with Crippen molar-refractivity contribution in [2.75, 3.05) is 7.11 Å². The first kappa shape index (κ1) is 16.7. The Labute approximate surface area is 155 Å². The number of thioether (sulfide) groups is 1. The molecule has 0 aliphatic heterocycles. The molecule has 0 bridgehead atoms. The Hall–Kier alpha value is -2.72. The van der Waals surface area contributed by atoms with E-state index in [1.54, 1.807) is 7.11 Å². The summed E-state index contributed by atoms with van der Waals surface area (Å²) >= 11 is 2.69. The molecule has 0 saturated heterocycles. The van der Waals surface area contributed by atoms with Gasteiger partial charge in [-0.25, -0.2) is 4.98 Å². The van der Waals surface area contributed by atoms with Crippen molar-refractivity contribution in [3.05, 3.63) is 51.4 Å². The van der Waals surface area contributed by atoms with E-state index in [1.165, 1.54) is 33.7 Å². The second kappa shape index (κ2) is 6.89. The molecular weight excluding hydrogens is 374 g/mol. The lowest BCUT2D eigenvalue weighted by molar-refractivity contribution is 0.411. The summed E-state index contributed by atoms with van der Waals surface area (Å²) in [4.78, 5) is 17.1. The van der Waals surface area contributed by atoms with Gasteiger partial charge in [0.05, 0.1) is 18.4 Å². The second-order valence-corrected chi connectivity index (χ2v) is 7.35. The fraction of sp³-hybridized carbons (Fsp3) is 0.188. The van der Waals surface area contributed by atoms with E-state index in [9.17, 15) is 4.79 Å². The van der Waals surface area contributed by atoms with Gasteiger partial charge >= 0.3 is 0 Å². The number of aromatic nitrogens is 5. The Bertz CT molecular complexity index is 1130. The van der Waals surface area contributed by atoms with Crippen molar-refractivity contribution >= 4 is 28.1 Å². The Balaban J connectivity index is 1.54. The third-order valence-corrected chi connectivity index (χ3v) is 5.16. The number of hydrogen-bond donors (Lipinski definition) is 0. The topological polar surface area (TPSA) is 95.4 Å². The molecule has 0 amide bonds. The minimum atomic E-state index is -0.199. The van der Waals surface area contributed by atoms with Gasteiger partial charge in [-0.15, -0.1) is 10.2 Å². The number of methoxy groups -OCH3 is 1. The van der Waals surface area contributed by atoms with E-state index < -0.39 is 0 Å². The average Bonchev–Trinajstić information content (AvgIpc) is 3.26. The van der Waals surface area contributed by atoms with Gasteiger partial charge < -0.3 is 9.15 Å². The Morgan fingerprint density at radius 2 is 2.15 bits per heavy atom. The Morgan fingerprint density at radius 1 is 1.31 bits per heavy atom. The van der Waals surface area contributed by atoms with Gasteiger partial charge in [0.2, 0.25) is 4.96 Å². The van der Waals surface area contributed by atoms with Gasteiger partial charge in [0.25, 0.3) is 16.7 Å². The quantitative estimate of drug-likeness (QED) is 0.483. The SMILES string of the molecule is COc1ccccc1-c1nnc(SCc2cc(=O)n3nc(C)sc3n2)o1. The van der Waals surface area contributed by atoms with Gasteiger partial charge in [0.1, 0.15) is 10.8 Å². The van der Waals surface area contributed by atoms with Crippen molar-refractivity contribution in [1.29, 1.82) is 0 Å². The van der Waals surface area contributed by atoms with Crippen LogP contribution in [0.3, 0.4) is 0 Å². The maximum Gasteiger partial charge on any atom is 0.277 e. The number of fused-ring (bicyclic) bond motifs is 1. The first-order valence-electron chi connectivity index (χ1n) is 7.60. The number of aryl methyl sites for hydroxylation is 1. The standard InChI is InChI=1S/C16H13N5O3S2/c1-9-20-21-13(22)7-10(17-15(21)26-9)8-25-16-19-18-14(24-16)11-5-3-4-6-12(11)23-2/h3-7H,8H2,1-2H3. The van der Waals surface area contributed by atoms with E-state index in [0.29, 0.717) is 33.3 Å². The predicted octanol–water partition coefficient (Wildman–Crippen LogP) is 2.81. The van der Waals surface area contributed by atoms with E-state index in [0.717, 1.165) is 10.6 Å². The fourth-order valence-corrected chi connectivity index (χ4v) is 3.78. The molecule has 0 unspecified atom stereocenters. The molecule has 0 aliphatic rings. The largest absolute Gasteiger partial charge is 0.496 e. The molecule has 0 spiro atoms. The zero-order chi connectivity index (χ0) is 18.1. The lowest BCUT2D eigenvalue weighted by Gasteiger charge is -2.03. The molecule has 26 heavy (non-hydrogen) atoms. The van der Waals surface area contributed by atoms with Crippen LogP contribution >= 0.6 is 23.1 Å². The van der Waals surface area contributed by atoms with Crippen LogP contribution in [0.5, 0.6) is 5.75 Å². The van der Waals surface area contributed by atoms with Crippen molar-refractivity contribution in [3.63, 3.8) is 0 Å². The highest BCUT2D eigenvalue weighted by molar-refractivity contribution is 7.98. The summed E-state index contributed by atoms with van der Waals surface area (Å²) in [5, 5.41) is 13.4. The van der Waals surface area contributed by atoms with Crippen LogP contribution < -0.4 is 10.3 Å². The van der Waals surface area contributed by atoms with Crippen molar-refractivity contribution in [3.8, 4) is 17.2 Å². The number of benzene rings is 1. The second-order valence-electron chi connectivity index (χ2n) is 5.26. The fourth-order valence-electron chi connectivity index (χ4n) is 2.36. The zero-order valence-corrected chi connectivity index (χ0v) is 15.5. The molecule has 0 radical (unpaired) electrons. The number of rotatable bonds is 5. The van der Waals surface area contributed by atoms with Gasteiger partial charge in [0, 0.05) is 11.8 Å². The van der Waals surface area contributed by atoms with Crippen LogP contribution in [-0.4, -0.2) is 31.9 Å². The molecule has 10 heteroatoms. The number of ether oxygens (including phenoxy) is 1. The third-order valence-electron chi connectivity index (χ3n) is 3.49. The van der Waals surface area contributed by atoms with Gasteiger partial charge in [-0.3, -0.25) is 4.79 Å². The van der Waals surface area contributed by atoms with Gasteiger partial charge in [-0.1, -0.05) is 35.2 Å². The normalized spacial score (nSPS) is 11.2. The van der Waals surface area contributed by atoms with E-state index in [-0.39, 0.29) is 5.56 Å². The molecule has 3 heterocycles. The Kier molecular flexibility index (Phi) is 4.43. The smallest absolute Gasteiger partial charge is 0.277 e. The molecular formula is C16H13N5O3S2. The molecule has 0 N–H and O–H groups in total. The highest BCUT2D eigenvalue weighted by Crippen LogP contribution is 2.31. The molecule has 0 aliphatic carbocycles. The van der Waals surface area contributed by atoms with Crippen molar-refractivity contribution in [2.45, 2.75) is 17.9 Å². The van der Waals surface area contributed by atoms with Crippen LogP contribution in [0, 0.1) is 6.92 Å². The minimum absolute atomic E-state index is 0.199. The first-order chi connectivity index (χ1) is 12.6. The van der Waals surface area contributed by atoms with E-state index in [1.807, 2.05) is 31.2 Å². The summed E-state index contributed by atoms with van der Waals surface area (Å²) in [6.45, 7) is 1.84. The molecule has 3 aromatic heterocycles. The maximum absolute atomic E-state index is 12.1. The number of nitrogens with zero attached hydrogens (tertiary/aromatic N) is 5. The zero-order valence-electron chi connectivity index (χ0n) is 13.9. The van der Waals surface area contributed by atoms with Crippen molar-refractivity contribution < 1.29 is 9.15 Å². The molecule has 0 atom stereocenters. The number of para-hydroxylation sites is 1. The van der Waals surface area contributed by atoms with Crippen LogP contribution in [0.1, 0.15) is 10.7 Å². The lowest BCUT2D eigenvalue weighted by atomic mass is 10.2. The third kappa shape index (κ3) is 3.20. The van der Waals surface area contributed by atoms with Crippen molar-refractivity contribution in [1.82, 2.24) is 24.8 Å². The van der Waals surface area contributed by atoms with Gasteiger partial charge in [0.15, 0.2) is 0 Å². The summed E-state index contributed by atoms with van der Waals surface area (Å²) in [6.07, 6.45) is 0. The monoisotopic (exact) mass is 387 g/mol. The highest BCUT2D eigenvalue weighted by Gasteiger charge is 2.14. The van der Waals surface area contributed by atoms with Crippen LogP contribution in [0.4, 0.5) is 0 Å². The van der Waals surface area contributed by atoms with E-state index in [2.05, 4.69) is 20.3 Å². The average molecular weight is 387 g/mol. The minimum Gasteiger partial charge on any atom is -0.496 e. The lowest BCUT2D eigenvalue weighted by Crippen LogP contribution is -2.15. The first-order valence-corrected chi connectivity index (χ1v) is 9.40. The summed E-state index contributed by atoms with van der Waals surface area (Å²) in [7, 11) is 1.59. The summed E-state index contributed by atoms with van der Waals surface area (Å²) < 4.78 is 12.3. The van der Waals surface area contributed by atoms with Gasteiger partial charge in [-0.05, 0) is 19.1 Å². The molecule has 4 aromatic rings. The molecule has 4 rings (SSSR count). The molecule has 132 valence electrons. The van der Waals surface area contributed by atoms with E-state index in [4.69, 9.17) is 9.15 Å². The summed E-state index contributed by atoms with van der Waals surface area (Å²) in [6, 6.07) is 8.89. The molecule has 8 nitrogen and oxygen atoms in total. The van der Waals surface area contributed by atoms with Gasteiger partial charge in [-0.2, -0.15) is 9.61 Å². The van der Waals surface area contributed by atoms with Crippen LogP contribution in [-0.2, 0) is 5.75 Å². The van der Waals surface area contributed by atoms with Crippen molar-refractivity contribution in [2.24, 2.45) is 0 Å². The van der Waals surface area contributed by atoms with Crippen LogP contribution in [0.25, 0.3) is 16.4 Å². The van der Waals surface area contributed by atoms with Crippen LogP contribution in [0.2, 0.25) is 0 Å². The predicted molar refractivity (Wildman–Crippen MR) is 97.7 cm³/mol. The van der Waals surface area contributed by atoms with E-state index >= 15 is 0 Å². The maximum atomic E-state index is 12.1. The number of hydrogen-bond acceptors (Lipinski definition) is 9. The molecule has 0 fully saturated rings.